The van der Waals surface area contributed by atoms with Crippen molar-refractivity contribution in [2.45, 2.75) is 26.2 Å². The second-order valence-corrected chi connectivity index (χ2v) is 7.92. The van der Waals surface area contributed by atoms with Crippen LogP contribution < -0.4 is 9.64 Å². The predicted molar refractivity (Wildman–Crippen MR) is 127 cm³/mol. The Morgan fingerprint density at radius 3 is 2.22 bits per heavy atom. The van der Waals surface area contributed by atoms with E-state index in [2.05, 4.69) is 22.0 Å². The highest BCUT2D eigenvalue weighted by Gasteiger charge is 2.28. The number of nitrogens with zero attached hydrogens (tertiary/aromatic N) is 4. The van der Waals surface area contributed by atoms with Gasteiger partial charge in [0.15, 0.2) is 5.82 Å². The van der Waals surface area contributed by atoms with E-state index >= 15 is 0 Å². The largest absolute Gasteiger partial charge is 0.494 e. The summed E-state index contributed by atoms with van der Waals surface area (Å²) in [6.45, 7) is 7.61. The van der Waals surface area contributed by atoms with Crippen LogP contribution in [0.2, 0.25) is 0 Å². The van der Waals surface area contributed by atoms with Crippen LogP contribution in [-0.4, -0.2) is 53.8 Å². The van der Waals surface area contributed by atoms with Gasteiger partial charge in [-0.05, 0) is 55.3 Å². The number of anilines is 1. The summed E-state index contributed by atoms with van der Waals surface area (Å²) >= 11 is 0. The van der Waals surface area contributed by atoms with Gasteiger partial charge in [-0.1, -0.05) is 37.3 Å². The third kappa shape index (κ3) is 4.90. The molecule has 4 rings (SSSR count). The lowest BCUT2D eigenvalue weighted by molar-refractivity contribution is -0.133. The van der Waals surface area contributed by atoms with Crippen molar-refractivity contribution in [1.82, 2.24) is 15.1 Å². The van der Waals surface area contributed by atoms with Crippen molar-refractivity contribution >= 4 is 11.7 Å². The summed E-state index contributed by atoms with van der Waals surface area (Å²) in [6.07, 6.45) is 0.807. The Kier molecular flexibility index (Phi) is 7.00. The first-order chi connectivity index (χ1) is 15.7. The average molecular weight is 431 g/mol. The molecule has 0 aliphatic carbocycles. The Hall–Kier alpha value is -3.41. The van der Waals surface area contributed by atoms with Crippen molar-refractivity contribution in [3.63, 3.8) is 0 Å². The second-order valence-electron chi connectivity index (χ2n) is 7.92. The molecule has 1 amide bonds. The van der Waals surface area contributed by atoms with Crippen molar-refractivity contribution < 1.29 is 9.53 Å². The zero-order valence-corrected chi connectivity index (χ0v) is 18.8. The standard InChI is InChI=1S/C26H30N4O2/c1-3-23(20-8-6-5-7-9-20)26(31)30-18-16-29(17-19-30)25-15-14-24(27-28-25)21-10-12-22(13-11-21)32-4-2/h5-15,23H,3-4,16-19H2,1-2H3. The topological polar surface area (TPSA) is 58.6 Å². The van der Waals surface area contributed by atoms with Crippen molar-refractivity contribution in [1.29, 1.82) is 0 Å². The molecule has 0 spiro atoms. The van der Waals surface area contributed by atoms with E-state index < -0.39 is 0 Å². The fourth-order valence-corrected chi connectivity index (χ4v) is 4.15. The van der Waals surface area contributed by atoms with Gasteiger partial charge in [0.2, 0.25) is 5.91 Å². The van der Waals surface area contributed by atoms with Crippen molar-refractivity contribution in [3.05, 3.63) is 72.3 Å². The van der Waals surface area contributed by atoms with Gasteiger partial charge >= 0.3 is 0 Å². The number of rotatable bonds is 7. The molecule has 1 aromatic heterocycles. The Morgan fingerprint density at radius 2 is 1.62 bits per heavy atom. The smallest absolute Gasteiger partial charge is 0.230 e. The van der Waals surface area contributed by atoms with Crippen LogP contribution in [0, 0.1) is 0 Å². The van der Waals surface area contributed by atoms with Crippen LogP contribution in [0.5, 0.6) is 5.75 Å². The number of benzene rings is 2. The summed E-state index contributed by atoms with van der Waals surface area (Å²) in [5.41, 5.74) is 2.94. The minimum atomic E-state index is -0.0732. The number of carbonyl (C=O) groups is 1. The SMILES string of the molecule is CCOc1ccc(-c2ccc(N3CCN(C(=O)C(CC)c4ccccc4)CC3)nn2)cc1. The molecule has 1 atom stereocenters. The molecule has 0 bridgehead atoms. The molecule has 3 aromatic rings. The van der Waals surface area contributed by atoms with E-state index in [-0.39, 0.29) is 11.8 Å². The van der Waals surface area contributed by atoms with E-state index in [0.29, 0.717) is 19.7 Å². The van der Waals surface area contributed by atoms with Crippen molar-refractivity contribution in [2.75, 3.05) is 37.7 Å². The summed E-state index contributed by atoms with van der Waals surface area (Å²) in [6, 6.07) is 22.0. The molecule has 1 aliphatic rings. The first-order valence-corrected chi connectivity index (χ1v) is 11.3. The fourth-order valence-electron chi connectivity index (χ4n) is 4.15. The Bertz CT molecular complexity index is 998. The molecule has 0 saturated carbocycles. The lowest BCUT2D eigenvalue weighted by Crippen LogP contribution is -2.50. The summed E-state index contributed by atoms with van der Waals surface area (Å²) in [7, 11) is 0. The monoisotopic (exact) mass is 430 g/mol. The van der Waals surface area contributed by atoms with Crippen LogP contribution in [0.4, 0.5) is 5.82 Å². The normalized spacial score (nSPS) is 14.8. The van der Waals surface area contributed by atoms with Gasteiger partial charge in [-0.3, -0.25) is 4.79 Å². The Balaban J connectivity index is 1.36. The summed E-state index contributed by atoms with van der Waals surface area (Å²) < 4.78 is 5.50. The van der Waals surface area contributed by atoms with Gasteiger partial charge in [-0.25, -0.2) is 0 Å². The molecule has 1 saturated heterocycles. The van der Waals surface area contributed by atoms with Gasteiger partial charge in [0, 0.05) is 31.7 Å². The number of ether oxygens (including phenoxy) is 1. The second kappa shape index (κ2) is 10.3. The van der Waals surface area contributed by atoms with Crippen LogP contribution in [0.15, 0.2) is 66.7 Å². The number of carbonyl (C=O) groups excluding carboxylic acids is 1. The number of hydrogen-bond donors (Lipinski definition) is 0. The van der Waals surface area contributed by atoms with Crippen LogP contribution in [-0.2, 0) is 4.79 Å². The van der Waals surface area contributed by atoms with Crippen LogP contribution in [0.3, 0.4) is 0 Å². The van der Waals surface area contributed by atoms with Crippen LogP contribution >= 0.6 is 0 Å². The van der Waals surface area contributed by atoms with E-state index in [1.807, 2.05) is 78.6 Å². The molecular weight excluding hydrogens is 400 g/mol. The van der Waals surface area contributed by atoms with Gasteiger partial charge in [-0.15, -0.1) is 10.2 Å². The zero-order valence-electron chi connectivity index (χ0n) is 18.8. The first kappa shape index (κ1) is 21.8. The van der Waals surface area contributed by atoms with Gasteiger partial charge in [-0.2, -0.15) is 0 Å². The molecule has 2 heterocycles. The Labute approximate surface area is 189 Å². The summed E-state index contributed by atoms with van der Waals surface area (Å²) in [5.74, 6) is 1.85. The summed E-state index contributed by atoms with van der Waals surface area (Å²) in [4.78, 5) is 17.3. The number of piperazine rings is 1. The lowest BCUT2D eigenvalue weighted by atomic mass is 9.95. The molecule has 32 heavy (non-hydrogen) atoms. The first-order valence-electron chi connectivity index (χ1n) is 11.3. The molecule has 1 aliphatic heterocycles. The van der Waals surface area contributed by atoms with Gasteiger partial charge in [0.05, 0.1) is 18.2 Å². The van der Waals surface area contributed by atoms with Crippen LogP contribution in [0.25, 0.3) is 11.3 Å². The Morgan fingerprint density at radius 1 is 0.906 bits per heavy atom. The molecule has 1 unspecified atom stereocenters. The highest BCUT2D eigenvalue weighted by Crippen LogP contribution is 2.25. The molecule has 0 N–H and O–H groups in total. The molecule has 0 radical (unpaired) electrons. The van der Waals surface area contributed by atoms with Gasteiger partial charge in [0.25, 0.3) is 0 Å². The predicted octanol–water partition coefficient (Wildman–Crippen LogP) is 4.38. The van der Waals surface area contributed by atoms with E-state index in [9.17, 15) is 4.79 Å². The minimum absolute atomic E-state index is 0.0732. The van der Waals surface area contributed by atoms with Crippen LogP contribution in [0.1, 0.15) is 31.7 Å². The number of aromatic nitrogens is 2. The van der Waals surface area contributed by atoms with Crippen molar-refractivity contribution in [2.24, 2.45) is 0 Å². The molecule has 6 heteroatoms. The molecular formula is C26H30N4O2. The highest BCUT2D eigenvalue weighted by molar-refractivity contribution is 5.84. The van der Waals surface area contributed by atoms with E-state index in [0.717, 1.165) is 47.9 Å². The maximum atomic E-state index is 13.1. The average Bonchev–Trinajstić information content (AvgIpc) is 2.86. The van der Waals surface area contributed by atoms with E-state index in [4.69, 9.17) is 4.74 Å². The molecule has 166 valence electrons. The highest BCUT2D eigenvalue weighted by atomic mass is 16.5. The van der Waals surface area contributed by atoms with Gasteiger partial charge in [0.1, 0.15) is 5.75 Å². The minimum Gasteiger partial charge on any atom is -0.494 e. The fraction of sp³-hybridized carbons (Fsp3) is 0.346. The van der Waals surface area contributed by atoms with E-state index in [1.165, 1.54) is 0 Å². The van der Waals surface area contributed by atoms with Crippen molar-refractivity contribution in [3.8, 4) is 17.0 Å². The zero-order chi connectivity index (χ0) is 22.3. The molecule has 2 aromatic carbocycles. The number of amides is 1. The van der Waals surface area contributed by atoms with Gasteiger partial charge < -0.3 is 14.5 Å². The number of hydrogen-bond acceptors (Lipinski definition) is 5. The summed E-state index contributed by atoms with van der Waals surface area (Å²) in [5, 5.41) is 8.87. The quantitative estimate of drug-likeness (QED) is 0.557. The third-order valence-corrected chi connectivity index (χ3v) is 5.94. The maximum absolute atomic E-state index is 13.1. The van der Waals surface area contributed by atoms with E-state index in [1.54, 1.807) is 0 Å². The third-order valence-electron chi connectivity index (χ3n) is 5.94. The maximum Gasteiger partial charge on any atom is 0.230 e. The lowest BCUT2D eigenvalue weighted by Gasteiger charge is -2.36. The molecule has 1 fully saturated rings. The molecule has 6 nitrogen and oxygen atoms in total.